The summed E-state index contributed by atoms with van der Waals surface area (Å²) in [5.41, 5.74) is 0. The highest BCUT2D eigenvalue weighted by Crippen LogP contribution is 2.38. The number of ether oxygens (including phenoxy) is 1. The molecule has 0 saturated heterocycles. The summed E-state index contributed by atoms with van der Waals surface area (Å²) < 4.78 is 4.61. The molecular weight excluding hydrogens is 256 g/mol. The Morgan fingerprint density at radius 3 is 2.05 bits per heavy atom. The minimum atomic E-state index is -0.557. The summed E-state index contributed by atoms with van der Waals surface area (Å²) >= 11 is 0. The molecule has 1 N–H and O–H groups in total. The molecule has 1 aliphatic rings. The largest absolute Gasteiger partial charge is 0.453 e. The lowest BCUT2D eigenvalue weighted by atomic mass is 9.95. The average Bonchev–Trinajstić information content (AvgIpc) is 3.18. The number of carbonyl (C=O) groups is 2. The van der Waals surface area contributed by atoms with Gasteiger partial charge < -0.3 is 15.0 Å². The third kappa shape index (κ3) is 4.12. The monoisotopic (exact) mass is 284 g/mol. The van der Waals surface area contributed by atoms with Gasteiger partial charge in [0.05, 0.1) is 7.11 Å². The molecule has 0 bridgehead atoms. The van der Waals surface area contributed by atoms with Crippen molar-refractivity contribution in [2.75, 3.05) is 14.2 Å². The zero-order valence-electron chi connectivity index (χ0n) is 13.5. The minimum Gasteiger partial charge on any atom is -0.453 e. The number of rotatable bonds is 6. The first-order valence-corrected chi connectivity index (χ1v) is 7.40. The van der Waals surface area contributed by atoms with E-state index in [1.54, 1.807) is 0 Å². The van der Waals surface area contributed by atoms with Crippen LogP contribution >= 0.6 is 0 Å². The van der Waals surface area contributed by atoms with E-state index in [0.717, 1.165) is 0 Å². The van der Waals surface area contributed by atoms with Crippen molar-refractivity contribution in [3.63, 3.8) is 0 Å². The van der Waals surface area contributed by atoms with E-state index in [-0.39, 0.29) is 17.9 Å². The van der Waals surface area contributed by atoms with Gasteiger partial charge in [-0.15, -0.1) is 0 Å². The number of hydrogen-bond acceptors (Lipinski definition) is 3. The zero-order valence-corrected chi connectivity index (χ0v) is 13.5. The zero-order chi connectivity index (χ0) is 15.4. The summed E-state index contributed by atoms with van der Waals surface area (Å²) in [6.07, 6.45) is 1.83. The van der Waals surface area contributed by atoms with Gasteiger partial charge in [0.15, 0.2) is 0 Å². The Bertz CT molecular complexity index is 349. The molecular formula is C15H28N2O3. The molecule has 1 saturated carbocycles. The fourth-order valence-electron chi connectivity index (χ4n) is 2.81. The standard InChI is InChI=1S/C15H28N2O3/c1-9(2)12(16-15(19)20-6)14(18)17(5)13(10(3)4)11-7-8-11/h9-13H,7-8H2,1-6H3,(H,16,19)/t12-,13+/m0/s1. The first-order valence-electron chi connectivity index (χ1n) is 7.40. The highest BCUT2D eigenvalue weighted by atomic mass is 16.5. The van der Waals surface area contributed by atoms with Crippen LogP contribution in [0.4, 0.5) is 4.79 Å². The van der Waals surface area contributed by atoms with Crippen molar-refractivity contribution in [1.29, 1.82) is 0 Å². The first-order chi connectivity index (χ1) is 9.29. The van der Waals surface area contributed by atoms with Gasteiger partial charge in [0.1, 0.15) is 6.04 Å². The maximum Gasteiger partial charge on any atom is 0.407 e. The van der Waals surface area contributed by atoms with Crippen LogP contribution in [0.15, 0.2) is 0 Å². The van der Waals surface area contributed by atoms with E-state index in [1.165, 1.54) is 20.0 Å². The second-order valence-electron chi connectivity index (χ2n) is 6.38. The second kappa shape index (κ2) is 6.95. The van der Waals surface area contributed by atoms with Crippen LogP contribution in [0.25, 0.3) is 0 Å². The summed E-state index contributed by atoms with van der Waals surface area (Å²) in [4.78, 5) is 25.9. The Labute approximate surface area is 122 Å². The molecule has 116 valence electrons. The van der Waals surface area contributed by atoms with Gasteiger partial charge in [-0.1, -0.05) is 27.7 Å². The van der Waals surface area contributed by atoms with Gasteiger partial charge in [0.25, 0.3) is 0 Å². The van der Waals surface area contributed by atoms with Crippen LogP contribution in [0, 0.1) is 17.8 Å². The summed E-state index contributed by atoms with van der Waals surface area (Å²) in [5.74, 6) is 1.02. The smallest absolute Gasteiger partial charge is 0.407 e. The first kappa shape index (κ1) is 16.8. The number of nitrogens with one attached hydrogen (secondary N) is 1. The molecule has 1 fully saturated rings. The van der Waals surface area contributed by atoms with Gasteiger partial charge >= 0.3 is 6.09 Å². The number of nitrogens with zero attached hydrogens (tertiary/aromatic N) is 1. The summed E-state index contributed by atoms with van der Waals surface area (Å²) in [7, 11) is 3.15. The Hall–Kier alpha value is -1.26. The number of hydrogen-bond donors (Lipinski definition) is 1. The van der Waals surface area contributed by atoms with Crippen LogP contribution in [-0.2, 0) is 9.53 Å². The van der Waals surface area contributed by atoms with Crippen molar-refractivity contribution in [3.8, 4) is 0 Å². The minimum absolute atomic E-state index is 0.0241. The van der Waals surface area contributed by atoms with E-state index in [4.69, 9.17) is 0 Å². The summed E-state index contributed by atoms with van der Waals surface area (Å²) in [5, 5.41) is 2.65. The molecule has 0 unspecified atom stereocenters. The van der Waals surface area contributed by atoms with Crippen molar-refractivity contribution < 1.29 is 14.3 Å². The SMILES string of the molecule is COC(=O)N[C@H](C(=O)N(C)[C@H](C(C)C)C1CC1)C(C)C. The molecule has 20 heavy (non-hydrogen) atoms. The molecule has 0 aromatic heterocycles. The topological polar surface area (TPSA) is 58.6 Å². The molecule has 0 aliphatic heterocycles. The van der Waals surface area contributed by atoms with Crippen molar-refractivity contribution in [3.05, 3.63) is 0 Å². The molecule has 0 heterocycles. The predicted octanol–water partition coefficient (Wildman–Crippen LogP) is 2.26. The van der Waals surface area contributed by atoms with Crippen molar-refractivity contribution >= 4 is 12.0 Å². The van der Waals surface area contributed by atoms with Crippen molar-refractivity contribution in [2.45, 2.75) is 52.6 Å². The lowest BCUT2D eigenvalue weighted by Gasteiger charge is -2.35. The van der Waals surface area contributed by atoms with Crippen LogP contribution in [0.5, 0.6) is 0 Å². The Balaban J connectivity index is 2.79. The quantitative estimate of drug-likeness (QED) is 0.814. The van der Waals surface area contributed by atoms with Crippen molar-refractivity contribution in [2.24, 2.45) is 17.8 Å². The highest BCUT2D eigenvalue weighted by Gasteiger charge is 2.40. The molecule has 0 aromatic rings. The summed E-state index contributed by atoms with van der Waals surface area (Å²) in [6, 6.07) is -0.282. The highest BCUT2D eigenvalue weighted by molar-refractivity contribution is 5.86. The molecule has 0 spiro atoms. The molecule has 5 heteroatoms. The number of methoxy groups -OCH3 is 1. The summed E-state index contributed by atoms with van der Waals surface area (Å²) in [6.45, 7) is 8.14. The number of likely N-dealkylation sites (N-methyl/N-ethyl adjacent to an activating group) is 1. The van der Waals surface area contributed by atoms with Gasteiger partial charge in [0, 0.05) is 13.1 Å². The number of alkyl carbamates (subject to hydrolysis) is 1. The third-order valence-corrected chi connectivity index (χ3v) is 3.97. The van der Waals surface area contributed by atoms with E-state index in [2.05, 4.69) is 23.9 Å². The van der Waals surface area contributed by atoms with Crippen LogP contribution < -0.4 is 5.32 Å². The van der Waals surface area contributed by atoms with Gasteiger partial charge in [0.2, 0.25) is 5.91 Å². The lowest BCUT2D eigenvalue weighted by molar-refractivity contribution is -0.136. The Kier molecular flexibility index (Phi) is 5.84. The average molecular weight is 284 g/mol. The third-order valence-electron chi connectivity index (χ3n) is 3.97. The Morgan fingerprint density at radius 1 is 1.15 bits per heavy atom. The molecule has 0 radical (unpaired) electrons. The fraction of sp³-hybridized carbons (Fsp3) is 0.867. The number of amides is 2. The van der Waals surface area contributed by atoms with Gasteiger partial charge in [-0.05, 0) is 30.6 Å². The van der Waals surface area contributed by atoms with E-state index in [1.807, 2.05) is 25.8 Å². The van der Waals surface area contributed by atoms with Crippen molar-refractivity contribution in [1.82, 2.24) is 10.2 Å². The molecule has 0 aromatic carbocycles. The normalized spacial score (nSPS) is 17.8. The molecule has 1 aliphatic carbocycles. The van der Waals surface area contributed by atoms with E-state index in [9.17, 15) is 9.59 Å². The Morgan fingerprint density at radius 2 is 1.70 bits per heavy atom. The van der Waals surface area contributed by atoms with Crippen LogP contribution in [0.2, 0.25) is 0 Å². The van der Waals surface area contributed by atoms with E-state index in [0.29, 0.717) is 11.8 Å². The molecule has 5 nitrogen and oxygen atoms in total. The van der Waals surface area contributed by atoms with E-state index >= 15 is 0 Å². The van der Waals surface area contributed by atoms with Gasteiger partial charge in [-0.25, -0.2) is 4.79 Å². The van der Waals surface area contributed by atoms with Gasteiger partial charge in [-0.3, -0.25) is 4.79 Å². The molecule has 2 amide bonds. The maximum absolute atomic E-state index is 12.7. The molecule has 2 atom stereocenters. The van der Waals surface area contributed by atoms with E-state index < -0.39 is 12.1 Å². The van der Waals surface area contributed by atoms with Crippen LogP contribution in [0.1, 0.15) is 40.5 Å². The van der Waals surface area contributed by atoms with Gasteiger partial charge in [-0.2, -0.15) is 0 Å². The fourth-order valence-corrected chi connectivity index (χ4v) is 2.81. The van der Waals surface area contributed by atoms with Crippen LogP contribution in [0.3, 0.4) is 0 Å². The molecule has 1 rings (SSSR count). The lowest BCUT2D eigenvalue weighted by Crippen LogP contribution is -2.54. The van der Waals surface area contributed by atoms with Crippen LogP contribution in [-0.4, -0.2) is 43.1 Å². The second-order valence-corrected chi connectivity index (χ2v) is 6.38. The number of carbonyl (C=O) groups excluding carboxylic acids is 2. The predicted molar refractivity (Wildman–Crippen MR) is 78.3 cm³/mol. The maximum atomic E-state index is 12.7.